The average molecular weight is 371 g/mol. The smallest absolute Gasteiger partial charge is 0.322 e. The quantitative estimate of drug-likeness (QED) is 0.403. The highest BCUT2D eigenvalue weighted by molar-refractivity contribution is 5.89. The lowest BCUT2D eigenvalue weighted by Gasteiger charge is -2.23. The van der Waals surface area contributed by atoms with Crippen molar-refractivity contribution >= 4 is 17.4 Å². The Morgan fingerprint density at radius 1 is 1.19 bits per heavy atom. The fourth-order valence-electron chi connectivity index (χ4n) is 2.69. The van der Waals surface area contributed by atoms with Crippen LogP contribution in [0.4, 0.5) is 16.2 Å². The molecule has 2 rings (SSSR count). The maximum Gasteiger partial charge on any atom is 0.322 e. The van der Waals surface area contributed by atoms with Crippen molar-refractivity contribution in [3.63, 3.8) is 0 Å². The molecule has 0 heterocycles. The van der Waals surface area contributed by atoms with E-state index < -0.39 is 4.92 Å². The van der Waals surface area contributed by atoms with Gasteiger partial charge in [-0.2, -0.15) is 0 Å². The zero-order valence-corrected chi connectivity index (χ0v) is 15.7. The number of benzene rings is 2. The first kappa shape index (κ1) is 20.4. The molecule has 0 bridgehead atoms. The van der Waals surface area contributed by atoms with Gasteiger partial charge in [-0.25, -0.2) is 4.79 Å². The molecule has 144 valence electrons. The number of carbonyl (C=O) groups is 1. The number of urea groups is 1. The number of nitro benzene ring substituents is 1. The van der Waals surface area contributed by atoms with Crippen LogP contribution in [0.3, 0.4) is 0 Å². The fourth-order valence-corrected chi connectivity index (χ4v) is 2.69. The van der Waals surface area contributed by atoms with E-state index in [0.717, 1.165) is 18.4 Å². The number of nitrogens with zero attached hydrogens (tertiary/aromatic N) is 2. The van der Waals surface area contributed by atoms with Crippen molar-refractivity contribution in [2.45, 2.75) is 26.3 Å². The number of aryl methyl sites for hydroxylation is 1. The predicted octanol–water partition coefficient (Wildman–Crippen LogP) is 4.36. The van der Waals surface area contributed by atoms with Gasteiger partial charge in [0, 0.05) is 44.1 Å². The third kappa shape index (κ3) is 6.38. The fraction of sp³-hybridized carbons (Fsp3) is 0.350. The van der Waals surface area contributed by atoms with Crippen LogP contribution < -0.4 is 5.32 Å². The molecule has 0 aliphatic heterocycles. The Morgan fingerprint density at radius 2 is 1.93 bits per heavy atom. The number of nitrogens with one attached hydrogen (secondary N) is 1. The Labute approximate surface area is 159 Å². The minimum absolute atomic E-state index is 0.0116. The van der Waals surface area contributed by atoms with Gasteiger partial charge in [0.05, 0.1) is 4.92 Å². The predicted molar refractivity (Wildman–Crippen MR) is 105 cm³/mol. The van der Waals surface area contributed by atoms with Crippen LogP contribution in [-0.2, 0) is 11.3 Å². The van der Waals surface area contributed by atoms with E-state index in [1.807, 2.05) is 30.3 Å². The molecule has 7 heteroatoms. The summed E-state index contributed by atoms with van der Waals surface area (Å²) in [6, 6.07) is 14.1. The Morgan fingerprint density at radius 3 is 2.59 bits per heavy atom. The van der Waals surface area contributed by atoms with E-state index in [2.05, 4.69) is 5.32 Å². The summed E-state index contributed by atoms with van der Waals surface area (Å²) >= 11 is 0. The largest absolute Gasteiger partial charge is 0.385 e. The lowest BCUT2D eigenvalue weighted by atomic mass is 10.2. The molecule has 1 N–H and O–H groups in total. The molecule has 2 aromatic rings. The summed E-state index contributed by atoms with van der Waals surface area (Å²) in [5, 5.41) is 13.9. The van der Waals surface area contributed by atoms with Gasteiger partial charge < -0.3 is 15.0 Å². The Hall–Kier alpha value is -2.93. The maximum atomic E-state index is 12.8. The zero-order valence-electron chi connectivity index (χ0n) is 15.7. The van der Waals surface area contributed by atoms with E-state index in [0.29, 0.717) is 30.9 Å². The van der Waals surface area contributed by atoms with Crippen LogP contribution in [0.5, 0.6) is 0 Å². The molecule has 7 nitrogen and oxygen atoms in total. The number of rotatable bonds is 9. The van der Waals surface area contributed by atoms with Crippen LogP contribution >= 0.6 is 0 Å². The van der Waals surface area contributed by atoms with Gasteiger partial charge in [-0.3, -0.25) is 10.1 Å². The molecular formula is C20H25N3O4. The third-order valence-corrected chi connectivity index (χ3v) is 4.19. The number of nitro groups is 1. The number of carbonyl (C=O) groups excluding carboxylic acids is 1. The number of hydrogen-bond donors (Lipinski definition) is 1. The first-order valence-electron chi connectivity index (χ1n) is 8.85. The van der Waals surface area contributed by atoms with Gasteiger partial charge in [0.2, 0.25) is 0 Å². The molecule has 27 heavy (non-hydrogen) atoms. The molecule has 2 amide bonds. The van der Waals surface area contributed by atoms with Gasteiger partial charge in [-0.05, 0) is 31.4 Å². The standard InChI is InChI=1S/C20H25N3O4/c1-16-10-11-18(14-19(16)23(25)26)21-20(24)22(12-6-7-13-27-2)15-17-8-4-3-5-9-17/h3-5,8-11,14H,6-7,12-13,15H2,1-2H3,(H,21,24). The number of anilines is 1. The van der Waals surface area contributed by atoms with Crippen molar-refractivity contribution in [2.24, 2.45) is 0 Å². The van der Waals surface area contributed by atoms with E-state index in [1.165, 1.54) is 6.07 Å². The highest BCUT2D eigenvalue weighted by Crippen LogP contribution is 2.22. The molecule has 0 aliphatic carbocycles. The normalized spacial score (nSPS) is 10.4. The third-order valence-electron chi connectivity index (χ3n) is 4.19. The molecule has 0 aliphatic rings. The molecule has 0 unspecified atom stereocenters. The van der Waals surface area contributed by atoms with Crippen LogP contribution in [0.15, 0.2) is 48.5 Å². The van der Waals surface area contributed by atoms with E-state index in [4.69, 9.17) is 4.74 Å². The molecular weight excluding hydrogens is 346 g/mol. The van der Waals surface area contributed by atoms with Crippen molar-refractivity contribution in [1.29, 1.82) is 0 Å². The van der Waals surface area contributed by atoms with Crippen LogP contribution in [0.1, 0.15) is 24.0 Å². The van der Waals surface area contributed by atoms with Crippen molar-refractivity contribution in [3.05, 3.63) is 69.8 Å². The van der Waals surface area contributed by atoms with E-state index in [9.17, 15) is 14.9 Å². The Bertz CT molecular complexity index is 765. The van der Waals surface area contributed by atoms with Crippen molar-refractivity contribution in [1.82, 2.24) is 4.90 Å². The van der Waals surface area contributed by atoms with Crippen LogP contribution in [0, 0.1) is 17.0 Å². The van der Waals surface area contributed by atoms with Crippen molar-refractivity contribution in [3.8, 4) is 0 Å². The van der Waals surface area contributed by atoms with Crippen LogP contribution in [0.25, 0.3) is 0 Å². The van der Waals surface area contributed by atoms with Crippen LogP contribution in [-0.4, -0.2) is 36.1 Å². The van der Waals surface area contributed by atoms with Gasteiger partial charge in [-0.15, -0.1) is 0 Å². The molecule has 2 aromatic carbocycles. The van der Waals surface area contributed by atoms with Crippen molar-refractivity contribution < 1.29 is 14.5 Å². The number of amides is 2. The summed E-state index contributed by atoms with van der Waals surface area (Å²) < 4.78 is 5.06. The van der Waals surface area contributed by atoms with Gasteiger partial charge >= 0.3 is 6.03 Å². The van der Waals surface area contributed by atoms with E-state index in [-0.39, 0.29) is 11.7 Å². The number of hydrogen-bond acceptors (Lipinski definition) is 4. The van der Waals surface area contributed by atoms with Gasteiger partial charge in [0.1, 0.15) is 0 Å². The number of unbranched alkanes of at least 4 members (excludes halogenated alkanes) is 1. The second-order valence-electron chi connectivity index (χ2n) is 6.30. The van der Waals surface area contributed by atoms with Crippen molar-refractivity contribution in [2.75, 3.05) is 25.6 Å². The minimum atomic E-state index is -0.447. The Balaban J connectivity index is 2.10. The molecule has 0 aromatic heterocycles. The highest BCUT2D eigenvalue weighted by atomic mass is 16.6. The van der Waals surface area contributed by atoms with Crippen LogP contribution in [0.2, 0.25) is 0 Å². The first-order valence-corrected chi connectivity index (χ1v) is 8.85. The molecule has 0 radical (unpaired) electrons. The monoisotopic (exact) mass is 371 g/mol. The molecule has 0 saturated heterocycles. The summed E-state index contributed by atoms with van der Waals surface area (Å²) in [5.74, 6) is 0. The zero-order chi connectivity index (χ0) is 19.6. The summed E-state index contributed by atoms with van der Waals surface area (Å²) in [6.45, 7) is 3.35. The topological polar surface area (TPSA) is 84.7 Å². The van der Waals surface area contributed by atoms with Gasteiger partial charge in [0.25, 0.3) is 5.69 Å². The minimum Gasteiger partial charge on any atom is -0.385 e. The summed E-state index contributed by atoms with van der Waals surface area (Å²) in [6.07, 6.45) is 1.66. The maximum absolute atomic E-state index is 12.8. The molecule has 0 fully saturated rings. The second kappa shape index (κ2) is 10.3. The SMILES string of the molecule is COCCCCN(Cc1ccccc1)C(=O)Nc1ccc(C)c([N+](=O)[O-])c1. The highest BCUT2D eigenvalue weighted by Gasteiger charge is 2.16. The molecule has 0 spiro atoms. The summed E-state index contributed by atoms with van der Waals surface area (Å²) in [4.78, 5) is 25.1. The lowest BCUT2D eigenvalue weighted by molar-refractivity contribution is -0.385. The van der Waals surface area contributed by atoms with Gasteiger partial charge in [0.15, 0.2) is 0 Å². The molecule has 0 saturated carbocycles. The summed E-state index contributed by atoms with van der Waals surface area (Å²) in [5.41, 5.74) is 1.97. The molecule has 0 atom stereocenters. The second-order valence-corrected chi connectivity index (χ2v) is 6.30. The average Bonchev–Trinajstić information content (AvgIpc) is 2.66. The van der Waals surface area contributed by atoms with E-state index in [1.54, 1.807) is 31.1 Å². The van der Waals surface area contributed by atoms with E-state index >= 15 is 0 Å². The number of ether oxygens (including phenoxy) is 1. The number of methoxy groups -OCH3 is 1. The summed E-state index contributed by atoms with van der Waals surface area (Å²) in [7, 11) is 1.65. The first-order chi connectivity index (χ1) is 13.0. The lowest BCUT2D eigenvalue weighted by Crippen LogP contribution is -2.35. The Kier molecular flexibility index (Phi) is 7.76. The van der Waals surface area contributed by atoms with Gasteiger partial charge in [-0.1, -0.05) is 36.4 Å².